The topological polar surface area (TPSA) is 24.5 Å². The lowest BCUT2D eigenvalue weighted by molar-refractivity contribution is 0.0893. The summed E-state index contributed by atoms with van der Waals surface area (Å²) < 4.78 is 5.53. The molecule has 0 bridgehead atoms. The molecule has 0 radical (unpaired) electrons. The van der Waals surface area contributed by atoms with Crippen molar-refractivity contribution in [2.24, 2.45) is 0 Å². The minimum atomic E-state index is 0.158. The summed E-state index contributed by atoms with van der Waals surface area (Å²) in [5.41, 5.74) is 4.23. The summed E-state index contributed by atoms with van der Waals surface area (Å²) in [5, 5.41) is 3.55. The van der Waals surface area contributed by atoms with Gasteiger partial charge in [-0.15, -0.1) is 0 Å². The normalized spacial score (nSPS) is 19.9. The predicted molar refractivity (Wildman–Crippen MR) is 90.0 cm³/mol. The van der Waals surface area contributed by atoms with E-state index in [0.29, 0.717) is 6.10 Å². The van der Waals surface area contributed by atoms with Crippen molar-refractivity contribution in [3.05, 3.63) is 29.3 Å². The van der Waals surface area contributed by atoms with Crippen LogP contribution in [0.4, 0.5) is 5.69 Å². The molecule has 1 N–H and O–H groups in total. The van der Waals surface area contributed by atoms with Crippen LogP contribution in [-0.4, -0.2) is 31.8 Å². The van der Waals surface area contributed by atoms with Crippen molar-refractivity contribution >= 4 is 5.69 Å². The van der Waals surface area contributed by atoms with Gasteiger partial charge < -0.3 is 15.0 Å². The maximum Gasteiger partial charge on any atom is 0.0746 e. The molecule has 0 aliphatic carbocycles. The van der Waals surface area contributed by atoms with Crippen molar-refractivity contribution in [2.45, 2.75) is 58.7 Å². The number of piperidine rings is 1. The Bertz CT molecular complexity index is 465. The Morgan fingerprint density at radius 1 is 1.33 bits per heavy atom. The Morgan fingerprint density at radius 3 is 2.71 bits per heavy atom. The number of benzene rings is 1. The van der Waals surface area contributed by atoms with Gasteiger partial charge >= 0.3 is 0 Å². The predicted octanol–water partition coefficient (Wildman–Crippen LogP) is 3.50. The first-order valence-electron chi connectivity index (χ1n) is 8.01. The number of nitrogens with one attached hydrogen (secondary N) is 1. The number of aryl methyl sites for hydroxylation is 1. The van der Waals surface area contributed by atoms with E-state index in [1.165, 1.54) is 29.7 Å². The molecule has 2 rings (SSSR count). The second-order valence-electron chi connectivity index (χ2n) is 7.17. The van der Waals surface area contributed by atoms with Gasteiger partial charge in [0.2, 0.25) is 0 Å². The van der Waals surface area contributed by atoms with Crippen LogP contribution in [0.1, 0.15) is 44.7 Å². The van der Waals surface area contributed by atoms with Crippen LogP contribution in [0.5, 0.6) is 0 Å². The van der Waals surface area contributed by atoms with E-state index in [1.807, 2.05) is 7.11 Å². The van der Waals surface area contributed by atoms with Crippen molar-refractivity contribution in [3.63, 3.8) is 0 Å². The fourth-order valence-electron chi connectivity index (χ4n) is 2.90. The maximum absolute atomic E-state index is 5.53. The number of hydrogen-bond donors (Lipinski definition) is 1. The summed E-state index contributed by atoms with van der Waals surface area (Å²) in [7, 11) is 1.82. The van der Waals surface area contributed by atoms with Crippen molar-refractivity contribution in [1.29, 1.82) is 0 Å². The number of hydrogen-bond acceptors (Lipinski definition) is 3. The van der Waals surface area contributed by atoms with Crippen molar-refractivity contribution in [3.8, 4) is 0 Å². The average molecular weight is 290 g/mol. The SMILES string of the molecule is COC1CCCN(c2ccc(CNC(C)(C)C)cc2C)C1. The highest BCUT2D eigenvalue weighted by molar-refractivity contribution is 5.55. The standard InChI is InChI=1S/C18H30N2O/c1-14-11-15(12-19-18(2,3)4)8-9-17(14)20-10-6-7-16(13-20)21-5/h8-9,11,16,19H,6-7,10,12-13H2,1-5H3. The van der Waals surface area contributed by atoms with Gasteiger partial charge in [-0.3, -0.25) is 0 Å². The second-order valence-corrected chi connectivity index (χ2v) is 7.17. The molecule has 1 fully saturated rings. The molecule has 1 aromatic carbocycles. The van der Waals surface area contributed by atoms with Gasteiger partial charge in [0.25, 0.3) is 0 Å². The zero-order valence-electron chi connectivity index (χ0n) is 14.2. The third-order valence-corrected chi connectivity index (χ3v) is 4.14. The van der Waals surface area contributed by atoms with E-state index in [1.54, 1.807) is 0 Å². The summed E-state index contributed by atoms with van der Waals surface area (Å²) in [5.74, 6) is 0. The van der Waals surface area contributed by atoms with Crippen LogP contribution in [0.2, 0.25) is 0 Å². The molecule has 118 valence electrons. The highest BCUT2D eigenvalue weighted by atomic mass is 16.5. The first kappa shape index (κ1) is 16.3. The van der Waals surface area contributed by atoms with Crippen LogP contribution in [0.15, 0.2) is 18.2 Å². The molecule has 0 saturated carbocycles. The average Bonchev–Trinajstić information content (AvgIpc) is 2.44. The fraction of sp³-hybridized carbons (Fsp3) is 0.667. The van der Waals surface area contributed by atoms with Gasteiger partial charge in [0.15, 0.2) is 0 Å². The lowest BCUT2D eigenvalue weighted by Gasteiger charge is -2.34. The monoisotopic (exact) mass is 290 g/mol. The second kappa shape index (κ2) is 6.80. The molecule has 0 aromatic heterocycles. The smallest absolute Gasteiger partial charge is 0.0746 e. The molecule has 1 aromatic rings. The number of methoxy groups -OCH3 is 1. The zero-order chi connectivity index (χ0) is 15.5. The minimum absolute atomic E-state index is 0.158. The molecule has 1 saturated heterocycles. The molecule has 1 aliphatic rings. The Kier molecular flexibility index (Phi) is 5.28. The minimum Gasteiger partial charge on any atom is -0.380 e. The summed E-state index contributed by atoms with van der Waals surface area (Å²) in [4.78, 5) is 2.47. The molecular weight excluding hydrogens is 260 g/mol. The van der Waals surface area contributed by atoms with Crippen LogP contribution in [0.3, 0.4) is 0 Å². The van der Waals surface area contributed by atoms with Crippen LogP contribution >= 0.6 is 0 Å². The van der Waals surface area contributed by atoms with Crippen LogP contribution in [-0.2, 0) is 11.3 Å². The maximum atomic E-state index is 5.53. The van der Waals surface area contributed by atoms with Crippen molar-refractivity contribution in [1.82, 2.24) is 5.32 Å². The van der Waals surface area contributed by atoms with E-state index in [9.17, 15) is 0 Å². The Morgan fingerprint density at radius 2 is 2.10 bits per heavy atom. The van der Waals surface area contributed by atoms with E-state index >= 15 is 0 Å². The number of anilines is 1. The zero-order valence-corrected chi connectivity index (χ0v) is 14.2. The molecule has 3 nitrogen and oxygen atoms in total. The van der Waals surface area contributed by atoms with Gasteiger partial charge in [0, 0.05) is 38.0 Å². The number of ether oxygens (including phenoxy) is 1. The van der Waals surface area contributed by atoms with Gasteiger partial charge in [-0.25, -0.2) is 0 Å². The first-order valence-corrected chi connectivity index (χ1v) is 8.01. The Balaban J connectivity index is 2.05. The molecule has 3 heteroatoms. The van der Waals surface area contributed by atoms with Crippen LogP contribution in [0, 0.1) is 6.92 Å². The molecule has 21 heavy (non-hydrogen) atoms. The fourth-order valence-corrected chi connectivity index (χ4v) is 2.90. The van der Waals surface area contributed by atoms with Gasteiger partial charge in [0.1, 0.15) is 0 Å². The molecule has 1 heterocycles. The summed E-state index contributed by atoms with van der Waals surface area (Å²) in [6.07, 6.45) is 2.77. The van der Waals surface area contributed by atoms with E-state index in [0.717, 1.165) is 19.6 Å². The number of rotatable bonds is 4. The van der Waals surface area contributed by atoms with Crippen molar-refractivity contribution < 1.29 is 4.74 Å². The van der Waals surface area contributed by atoms with Gasteiger partial charge in [-0.2, -0.15) is 0 Å². The third-order valence-electron chi connectivity index (χ3n) is 4.14. The molecule has 0 spiro atoms. The van der Waals surface area contributed by atoms with E-state index in [4.69, 9.17) is 4.74 Å². The Hall–Kier alpha value is -1.06. The van der Waals surface area contributed by atoms with Gasteiger partial charge in [0.05, 0.1) is 6.10 Å². The highest BCUT2D eigenvalue weighted by Crippen LogP contribution is 2.25. The summed E-state index contributed by atoms with van der Waals surface area (Å²) >= 11 is 0. The molecule has 1 atom stereocenters. The largest absolute Gasteiger partial charge is 0.380 e. The Labute approximate surface area is 129 Å². The van der Waals surface area contributed by atoms with Crippen LogP contribution in [0.25, 0.3) is 0 Å². The lowest BCUT2D eigenvalue weighted by Crippen LogP contribution is -2.39. The van der Waals surface area contributed by atoms with Gasteiger partial charge in [-0.1, -0.05) is 12.1 Å². The summed E-state index contributed by atoms with van der Waals surface area (Å²) in [6, 6.07) is 6.83. The molecular formula is C18H30N2O. The summed E-state index contributed by atoms with van der Waals surface area (Å²) in [6.45, 7) is 11.9. The highest BCUT2D eigenvalue weighted by Gasteiger charge is 2.20. The third kappa shape index (κ3) is 4.72. The van der Waals surface area contributed by atoms with E-state index < -0.39 is 0 Å². The van der Waals surface area contributed by atoms with Gasteiger partial charge in [-0.05, 0) is 57.7 Å². The molecule has 0 amide bonds. The van der Waals surface area contributed by atoms with E-state index in [-0.39, 0.29) is 5.54 Å². The van der Waals surface area contributed by atoms with Crippen LogP contribution < -0.4 is 10.2 Å². The number of nitrogens with zero attached hydrogens (tertiary/aromatic N) is 1. The lowest BCUT2D eigenvalue weighted by atomic mass is 10.0. The first-order chi connectivity index (χ1) is 9.89. The molecule has 1 unspecified atom stereocenters. The van der Waals surface area contributed by atoms with E-state index in [2.05, 4.69) is 56.1 Å². The molecule has 1 aliphatic heterocycles. The quantitative estimate of drug-likeness (QED) is 0.918. The van der Waals surface area contributed by atoms with Crippen molar-refractivity contribution in [2.75, 3.05) is 25.1 Å².